The third-order valence-electron chi connectivity index (χ3n) is 4.24. The topological polar surface area (TPSA) is 80.0 Å². The number of para-hydroxylation sites is 1. The minimum absolute atomic E-state index is 0.220. The van der Waals surface area contributed by atoms with Crippen molar-refractivity contribution in [3.63, 3.8) is 0 Å². The largest absolute Gasteiger partial charge is 0.481 e. The number of aliphatic carboxylic acids is 1. The molecule has 1 aromatic carbocycles. The standard InChI is InChI=1S/C17H19NO5/c1-22-10-13-12-6-2-3-7-14(12)23-15(13)16(19)18-8-4-5-11(9-18)17(20)21/h2-3,6-7,11H,4-5,8-10H2,1H3,(H,20,21). The fourth-order valence-electron chi connectivity index (χ4n) is 3.07. The molecule has 23 heavy (non-hydrogen) atoms. The smallest absolute Gasteiger partial charge is 0.308 e. The maximum Gasteiger partial charge on any atom is 0.308 e. The summed E-state index contributed by atoms with van der Waals surface area (Å²) >= 11 is 0. The van der Waals surface area contributed by atoms with Gasteiger partial charge in [0.15, 0.2) is 5.76 Å². The van der Waals surface area contributed by atoms with E-state index in [0.29, 0.717) is 30.5 Å². The first kappa shape index (κ1) is 15.6. The third-order valence-corrected chi connectivity index (χ3v) is 4.24. The minimum Gasteiger partial charge on any atom is -0.481 e. The van der Waals surface area contributed by atoms with E-state index in [1.807, 2.05) is 24.3 Å². The number of likely N-dealkylation sites (tertiary alicyclic amines) is 1. The normalized spacial score (nSPS) is 18.3. The first-order chi connectivity index (χ1) is 11.1. The molecule has 0 spiro atoms. The van der Waals surface area contributed by atoms with E-state index in [1.165, 1.54) is 0 Å². The molecule has 1 aliphatic heterocycles. The number of ether oxygens (including phenoxy) is 1. The van der Waals surface area contributed by atoms with E-state index in [1.54, 1.807) is 12.0 Å². The molecule has 3 rings (SSSR count). The summed E-state index contributed by atoms with van der Waals surface area (Å²) in [5.74, 6) is -1.38. The number of carbonyl (C=O) groups is 2. The zero-order valence-electron chi connectivity index (χ0n) is 12.9. The molecule has 1 aliphatic rings. The number of hydrogen-bond donors (Lipinski definition) is 1. The molecule has 1 saturated heterocycles. The second kappa shape index (κ2) is 6.42. The Morgan fingerprint density at radius 2 is 2.17 bits per heavy atom. The maximum atomic E-state index is 12.8. The number of benzene rings is 1. The summed E-state index contributed by atoms with van der Waals surface area (Å²) in [6.45, 7) is 1.04. The van der Waals surface area contributed by atoms with Gasteiger partial charge in [-0.05, 0) is 18.9 Å². The molecule has 0 radical (unpaired) electrons. The Morgan fingerprint density at radius 1 is 1.39 bits per heavy atom. The summed E-state index contributed by atoms with van der Waals surface area (Å²) in [5.41, 5.74) is 1.35. The fourth-order valence-corrected chi connectivity index (χ4v) is 3.07. The van der Waals surface area contributed by atoms with Crippen LogP contribution in [0.3, 0.4) is 0 Å². The number of piperidine rings is 1. The Labute approximate surface area is 133 Å². The number of hydrogen-bond acceptors (Lipinski definition) is 4. The first-order valence-corrected chi connectivity index (χ1v) is 7.63. The van der Waals surface area contributed by atoms with Gasteiger partial charge in [-0.2, -0.15) is 0 Å². The Hall–Kier alpha value is -2.34. The SMILES string of the molecule is COCc1c(C(=O)N2CCCC(C(=O)O)C2)oc2ccccc12. The van der Waals surface area contributed by atoms with E-state index < -0.39 is 11.9 Å². The predicted octanol–water partition coefficient (Wildman–Crippen LogP) is 2.52. The van der Waals surface area contributed by atoms with Crippen molar-refractivity contribution in [2.45, 2.75) is 19.4 Å². The number of furan rings is 1. The van der Waals surface area contributed by atoms with Gasteiger partial charge in [-0.1, -0.05) is 18.2 Å². The number of methoxy groups -OCH3 is 1. The number of carboxylic acids is 1. The average molecular weight is 317 g/mol. The van der Waals surface area contributed by atoms with Crippen LogP contribution in [0.15, 0.2) is 28.7 Å². The second-order valence-corrected chi connectivity index (χ2v) is 5.77. The highest BCUT2D eigenvalue weighted by atomic mass is 16.5. The molecule has 1 aromatic heterocycles. The molecule has 1 atom stereocenters. The average Bonchev–Trinajstić information content (AvgIpc) is 2.93. The number of carboxylic acid groups (broad SMARTS) is 1. The molecule has 1 unspecified atom stereocenters. The highest BCUT2D eigenvalue weighted by Crippen LogP contribution is 2.29. The van der Waals surface area contributed by atoms with Gasteiger partial charge in [-0.15, -0.1) is 0 Å². The third kappa shape index (κ3) is 2.94. The van der Waals surface area contributed by atoms with Crippen LogP contribution in [0.2, 0.25) is 0 Å². The summed E-state index contributed by atoms with van der Waals surface area (Å²) in [7, 11) is 1.57. The highest BCUT2D eigenvalue weighted by Gasteiger charge is 2.31. The van der Waals surface area contributed by atoms with E-state index in [9.17, 15) is 14.7 Å². The fraction of sp³-hybridized carbons (Fsp3) is 0.412. The lowest BCUT2D eigenvalue weighted by atomic mass is 9.98. The minimum atomic E-state index is -0.857. The highest BCUT2D eigenvalue weighted by molar-refractivity contribution is 5.99. The van der Waals surface area contributed by atoms with Crippen molar-refractivity contribution in [3.8, 4) is 0 Å². The van der Waals surface area contributed by atoms with Crippen molar-refractivity contribution in [1.29, 1.82) is 0 Å². The van der Waals surface area contributed by atoms with E-state index in [-0.39, 0.29) is 24.8 Å². The summed E-state index contributed by atoms with van der Waals surface area (Å²) < 4.78 is 11.0. The van der Waals surface area contributed by atoms with Crippen LogP contribution in [0.1, 0.15) is 29.0 Å². The summed E-state index contributed by atoms with van der Waals surface area (Å²) in [4.78, 5) is 25.6. The molecule has 122 valence electrons. The van der Waals surface area contributed by atoms with Crippen molar-refractivity contribution in [3.05, 3.63) is 35.6 Å². The van der Waals surface area contributed by atoms with Gasteiger partial charge in [-0.25, -0.2) is 0 Å². The zero-order chi connectivity index (χ0) is 16.4. The van der Waals surface area contributed by atoms with Gasteiger partial charge in [-0.3, -0.25) is 9.59 Å². The van der Waals surface area contributed by atoms with Crippen LogP contribution in [0.25, 0.3) is 11.0 Å². The molecule has 2 aromatic rings. The van der Waals surface area contributed by atoms with Crippen molar-refractivity contribution in [2.24, 2.45) is 5.92 Å². The summed E-state index contributed by atoms with van der Waals surface area (Å²) in [5, 5.41) is 10.0. The first-order valence-electron chi connectivity index (χ1n) is 7.63. The zero-order valence-corrected chi connectivity index (χ0v) is 12.9. The lowest BCUT2D eigenvalue weighted by molar-refractivity contribution is -0.143. The molecule has 1 fully saturated rings. The van der Waals surface area contributed by atoms with Gasteiger partial charge in [0, 0.05) is 31.1 Å². The molecule has 1 amide bonds. The Bertz CT molecular complexity index is 736. The molecular formula is C17H19NO5. The summed E-state index contributed by atoms with van der Waals surface area (Å²) in [6, 6.07) is 7.42. The van der Waals surface area contributed by atoms with Crippen LogP contribution in [-0.2, 0) is 16.1 Å². The van der Waals surface area contributed by atoms with Crippen molar-refractivity contribution in [1.82, 2.24) is 4.90 Å². The van der Waals surface area contributed by atoms with Crippen molar-refractivity contribution >= 4 is 22.8 Å². The number of nitrogens with zero attached hydrogens (tertiary/aromatic N) is 1. The molecule has 0 aliphatic carbocycles. The molecule has 6 nitrogen and oxygen atoms in total. The van der Waals surface area contributed by atoms with Crippen LogP contribution in [0, 0.1) is 5.92 Å². The quantitative estimate of drug-likeness (QED) is 0.937. The van der Waals surface area contributed by atoms with E-state index in [2.05, 4.69) is 0 Å². The van der Waals surface area contributed by atoms with Crippen LogP contribution in [0.4, 0.5) is 0 Å². The van der Waals surface area contributed by atoms with Gasteiger partial charge >= 0.3 is 5.97 Å². The van der Waals surface area contributed by atoms with Crippen molar-refractivity contribution in [2.75, 3.05) is 20.2 Å². The lowest BCUT2D eigenvalue weighted by Crippen LogP contribution is -2.42. The van der Waals surface area contributed by atoms with Gasteiger partial charge in [0.05, 0.1) is 12.5 Å². The summed E-state index contributed by atoms with van der Waals surface area (Å²) in [6.07, 6.45) is 1.28. The van der Waals surface area contributed by atoms with Gasteiger partial charge in [0.2, 0.25) is 0 Å². The van der Waals surface area contributed by atoms with E-state index in [0.717, 1.165) is 5.39 Å². The molecule has 6 heteroatoms. The van der Waals surface area contributed by atoms with Crippen molar-refractivity contribution < 1.29 is 23.8 Å². The monoisotopic (exact) mass is 317 g/mol. The lowest BCUT2D eigenvalue weighted by Gasteiger charge is -2.30. The van der Waals surface area contributed by atoms with E-state index >= 15 is 0 Å². The molecule has 2 heterocycles. The Morgan fingerprint density at radius 3 is 2.91 bits per heavy atom. The van der Waals surface area contributed by atoms with Crippen LogP contribution in [0.5, 0.6) is 0 Å². The Kier molecular flexibility index (Phi) is 4.34. The van der Waals surface area contributed by atoms with Gasteiger partial charge in [0.25, 0.3) is 5.91 Å². The predicted molar refractivity (Wildman–Crippen MR) is 83.2 cm³/mol. The maximum absolute atomic E-state index is 12.8. The van der Waals surface area contributed by atoms with Crippen LogP contribution < -0.4 is 0 Å². The molecule has 0 bridgehead atoms. The number of amides is 1. The number of fused-ring (bicyclic) bond motifs is 1. The van der Waals surface area contributed by atoms with Crippen LogP contribution >= 0.6 is 0 Å². The molecular weight excluding hydrogens is 298 g/mol. The second-order valence-electron chi connectivity index (χ2n) is 5.77. The number of carbonyl (C=O) groups excluding carboxylic acids is 1. The molecule has 0 saturated carbocycles. The van der Waals surface area contributed by atoms with E-state index in [4.69, 9.17) is 9.15 Å². The molecule has 1 N–H and O–H groups in total. The van der Waals surface area contributed by atoms with Gasteiger partial charge < -0.3 is 19.2 Å². The van der Waals surface area contributed by atoms with Crippen LogP contribution in [-0.4, -0.2) is 42.1 Å². The van der Waals surface area contributed by atoms with Gasteiger partial charge in [0.1, 0.15) is 5.58 Å². The number of rotatable bonds is 4. The Balaban J connectivity index is 1.94.